The summed E-state index contributed by atoms with van der Waals surface area (Å²) in [5.41, 5.74) is 1.18. The first-order chi connectivity index (χ1) is 16.1. The maximum absolute atomic E-state index is 12.8. The van der Waals surface area contributed by atoms with Crippen LogP contribution >= 0.6 is 0 Å². The number of pyridine rings is 4. The average molecular weight is 439 g/mol. The van der Waals surface area contributed by atoms with Gasteiger partial charge in [0.15, 0.2) is 0 Å². The summed E-state index contributed by atoms with van der Waals surface area (Å²) in [6, 6.07) is 12.6. The van der Waals surface area contributed by atoms with E-state index in [-0.39, 0.29) is 17.0 Å². The standard InChI is InChI=1S/C23H17N7O3/c31-21(27-16-4-1-7-24-12-16)15-10-19(22(32)28-17-5-2-8-25-13-17)30-20(11-15)23(33)29-18-6-3-9-26-14-18/h1-14H,(H,27,31)(H,28,32)(H,29,33). The van der Waals surface area contributed by atoms with Crippen LogP contribution in [0.15, 0.2) is 85.7 Å². The number of anilines is 3. The van der Waals surface area contributed by atoms with Crippen molar-refractivity contribution in [3.63, 3.8) is 0 Å². The monoisotopic (exact) mass is 439 g/mol. The Morgan fingerprint density at radius 2 is 0.970 bits per heavy atom. The Kier molecular flexibility index (Phi) is 6.36. The smallest absolute Gasteiger partial charge is 0.274 e. The number of rotatable bonds is 6. The van der Waals surface area contributed by atoms with Crippen LogP contribution in [0, 0.1) is 0 Å². The van der Waals surface area contributed by atoms with Gasteiger partial charge >= 0.3 is 0 Å². The van der Waals surface area contributed by atoms with Gasteiger partial charge in [-0.15, -0.1) is 0 Å². The van der Waals surface area contributed by atoms with E-state index in [0.717, 1.165) is 0 Å². The molecule has 3 N–H and O–H groups in total. The van der Waals surface area contributed by atoms with Crippen molar-refractivity contribution in [2.24, 2.45) is 0 Å². The first kappa shape index (κ1) is 21.2. The molecule has 0 radical (unpaired) electrons. The fraction of sp³-hybridized carbons (Fsp3) is 0. The van der Waals surface area contributed by atoms with Gasteiger partial charge < -0.3 is 16.0 Å². The molecule has 10 heteroatoms. The molecule has 4 rings (SSSR count). The Morgan fingerprint density at radius 3 is 1.33 bits per heavy atom. The van der Waals surface area contributed by atoms with Crippen LogP contribution in [0.2, 0.25) is 0 Å². The first-order valence-electron chi connectivity index (χ1n) is 9.75. The second-order valence-electron chi connectivity index (χ2n) is 6.71. The lowest BCUT2D eigenvalue weighted by atomic mass is 10.1. The number of carbonyl (C=O) groups excluding carboxylic acids is 3. The van der Waals surface area contributed by atoms with Gasteiger partial charge in [0.1, 0.15) is 11.4 Å². The lowest BCUT2D eigenvalue weighted by Crippen LogP contribution is -2.21. The molecule has 0 saturated carbocycles. The van der Waals surface area contributed by atoms with Crippen molar-refractivity contribution in [3.8, 4) is 0 Å². The average Bonchev–Trinajstić information content (AvgIpc) is 2.85. The number of aromatic nitrogens is 4. The highest BCUT2D eigenvalue weighted by Gasteiger charge is 2.19. The highest BCUT2D eigenvalue weighted by molar-refractivity contribution is 6.11. The zero-order chi connectivity index (χ0) is 23.0. The van der Waals surface area contributed by atoms with Crippen LogP contribution in [0.4, 0.5) is 17.1 Å². The van der Waals surface area contributed by atoms with Crippen molar-refractivity contribution in [3.05, 3.63) is 103 Å². The van der Waals surface area contributed by atoms with E-state index in [1.54, 1.807) is 55.0 Å². The summed E-state index contributed by atoms with van der Waals surface area (Å²) >= 11 is 0. The highest BCUT2D eigenvalue weighted by Crippen LogP contribution is 2.14. The summed E-state index contributed by atoms with van der Waals surface area (Å²) in [4.78, 5) is 54.4. The van der Waals surface area contributed by atoms with Gasteiger partial charge in [0.2, 0.25) is 0 Å². The quantitative estimate of drug-likeness (QED) is 0.420. The molecular formula is C23H17N7O3. The van der Waals surface area contributed by atoms with E-state index in [4.69, 9.17) is 0 Å². The largest absolute Gasteiger partial charge is 0.321 e. The van der Waals surface area contributed by atoms with Crippen LogP contribution in [-0.2, 0) is 0 Å². The predicted molar refractivity (Wildman–Crippen MR) is 121 cm³/mol. The molecule has 10 nitrogen and oxygen atoms in total. The van der Waals surface area contributed by atoms with Crippen molar-refractivity contribution < 1.29 is 14.4 Å². The van der Waals surface area contributed by atoms with E-state index < -0.39 is 17.7 Å². The van der Waals surface area contributed by atoms with Crippen LogP contribution in [-0.4, -0.2) is 37.7 Å². The molecule has 0 aliphatic rings. The maximum atomic E-state index is 12.8. The molecule has 4 aromatic heterocycles. The highest BCUT2D eigenvalue weighted by atomic mass is 16.2. The number of hydrogen-bond acceptors (Lipinski definition) is 7. The van der Waals surface area contributed by atoms with Gasteiger partial charge in [0.25, 0.3) is 17.7 Å². The van der Waals surface area contributed by atoms with E-state index >= 15 is 0 Å². The molecule has 4 aromatic rings. The SMILES string of the molecule is O=C(Nc1cccnc1)c1cc(C(=O)Nc2cccnc2)nc(C(=O)Nc2cccnc2)c1. The van der Waals surface area contributed by atoms with Crippen LogP contribution in [0.3, 0.4) is 0 Å². The molecule has 0 saturated heterocycles. The van der Waals surface area contributed by atoms with Crippen molar-refractivity contribution in [2.45, 2.75) is 0 Å². The van der Waals surface area contributed by atoms with Crippen LogP contribution < -0.4 is 16.0 Å². The summed E-state index contributed by atoms with van der Waals surface area (Å²) in [6.07, 6.45) is 9.12. The molecule has 0 atom stereocenters. The molecule has 0 aromatic carbocycles. The third-order valence-corrected chi connectivity index (χ3v) is 4.31. The molecule has 0 bridgehead atoms. The molecule has 0 aliphatic heterocycles. The fourth-order valence-corrected chi connectivity index (χ4v) is 2.80. The molecule has 162 valence electrons. The maximum Gasteiger partial charge on any atom is 0.274 e. The zero-order valence-corrected chi connectivity index (χ0v) is 17.1. The third kappa shape index (κ3) is 5.58. The molecule has 33 heavy (non-hydrogen) atoms. The molecule has 0 aliphatic carbocycles. The molecule has 0 unspecified atom stereocenters. The topological polar surface area (TPSA) is 139 Å². The molecule has 4 heterocycles. The van der Waals surface area contributed by atoms with Crippen molar-refractivity contribution >= 4 is 34.8 Å². The summed E-state index contributed by atoms with van der Waals surface area (Å²) in [5.74, 6) is -1.74. The Hall–Kier alpha value is -4.99. The van der Waals surface area contributed by atoms with Gasteiger partial charge in [-0.05, 0) is 48.5 Å². The van der Waals surface area contributed by atoms with Gasteiger partial charge in [-0.2, -0.15) is 0 Å². The lowest BCUT2D eigenvalue weighted by Gasteiger charge is -2.10. The molecule has 0 fully saturated rings. The van der Waals surface area contributed by atoms with Crippen molar-refractivity contribution in [1.82, 2.24) is 19.9 Å². The van der Waals surface area contributed by atoms with Crippen LogP contribution in [0.25, 0.3) is 0 Å². The summed E-state index contributed by atoms with van der Waals surface area (Å²) in [6.45, 7) is 0. The third-order valence-electron chi connectivity index (χ3n) is 4.31. The predicted octanol–water partition coefficient (Wildman–Crippen LogP) is 3.02. The second-order valence-corrected chi connectivity index (χ2v) is 6.71. The van der Waals surface area contributed by atoms with E-state index in [1.165, 1.54) is 30.7 Å². The zero-order valence-electron chi connectivity index (χ0n) is 17.1. The fourth-order valence-electron chi connectivity index (χ4n) is 2.80. The van der Waals surface area contributed by atoms with Gasteiger partial charge in [-0.1, -0.05) is 0 Å². The van der Waals surface area contributed by atoms with Crippen LogP contribution in [0.5, 0.6) is 0 Å². The Balaban J connectivity index is 1.65. The summed E-state index contributed by atoms with van der Waals surface area (Å²) in [7, 11) is 0. The normalized spacial score (nSPS) is 10.2. The Labute approximate surface area is 188 Å². The Morgan fingerprint density at radius 1 is 0.576 bits per heavy atom. The first-order valence-corrected chi connectivity index (χ1v) is 9.75. The van der Waals surface area contributed by atoms with Crippen molar-refractivity contribution in [2.75, 3.05) is 16.0 Å². The van der Waals surface area contributed by atoms with Crippen molar-refractivity contribution in [1.29, 1.82) is 0 Å². The van der Waals surface area contributed by atoms with E-state index in [2.05, 4.69) is 35.9 Å². The summed E-state index contributed by atoms with van der Waals surface area (Å²) < 4.78 is 0. The minimum atomic E-state index is -0.602. The van der Waals surface area contributed by atoms with Gasteiger partial charge in [0, 0.05) is 24.2 Å². The van der Waals surface area contributed by atoms with Gasteiger partial charge in [0.05, 0.1) is 35.7 Å². The number of nitrogens with zero attached hydrogens (tertiary/aromatic N) is 4. The van der Waals surface area contributed by atoms with Gasteiger partial charge in [-0.3, -0.25) is 29.3 Å². The molecule has 3 amide bonds. The molecule has 0 spiro atoms. The van der Waals surface area contributed by atoms with Crippen LogP contribution in [0.1, 0.15) is 31.3 Å². The lowest BCUT2D eigenvalue weighted by molar-refractivity contribution is 0.101. The number of amides is 3. The second kappa shape index (κ2) is 9.88. The van der Waals surface area contributed by atoms with Gasteiger partial charge in [-0.25, -0.2) is 4.98 Å². The van der Waals surface area contributed by atoms with E-state index in [9.17, 15) is 14.4 Å². The number of carbonyl (C=O) groups is 3. The minimum Gasteiger partial charge on any atom is -0.321 e. The minimum absolute atomic E-state index is 0.0709. The van der Waals surface area contributed by atoms with E-state index in [0.29, 0.717) is 17.1 Å². The number of hydrogen-bond donors (Lipinski definition) is 3. The Bertz CT molecular complexity index is 1110. The number of nitrogens with one attached hydrogen (secondary N) is 3. The summed E-state index contributed by atoms with van der Waals surface area (Å²) in [5, 5.41) is 7.96. The molecular weight excluding hydrogens is 422 g/mol. The van der Waals surface area contributed by atoms with E-state index in [1.807, 2.05) is 0 Å².